The average Bonchev–Trinajstić information content (AvgIpc) is 1.69. The molecule has 0 aliphatic rings. The van der Waals surface area contributed by atoms with E-state index in [1.54, 1.807) is 0 Å². The third-order valence-electron chi connectivity index (χ3n) is 0.354. The molecule has 0 atom stereocenters. The molecule has 0 aliphatic carbocycles. The van der Waals surface area contributed by atoms with Gasteiger partial charge in [-0.15, -0.1) is 0 Å². The van der Waals surface area contributed by atoms with E-state index in [1.807, 2.05) is 0 Å². The van der Waals surface area contributed by atoms with Gasteiger partial charge in [-0.25, -0.2) is 0 Å². The van der Waals surface area contributed by atoms with Crippen LogP contribution in [0.5, 0.6) is 0 Å². The first-order valence-corrected chi connectivity index (χ1v) is 10.0. The fourth-order valence-corrected chi connectivity index (χ4v) is 0. The summed E-state index contributed by atoms with van der Waals surface area (Å²) in [7, 11) is 9.90. The molecule has 7 heavy (non-hydrogen) atoms. The Morgan fingerprint density at radius 2 is 1.71 bits per heavy atom. The standard InChI is InChI=1S/C4H9.2ClH.Zn/c1-3-4-2;;;/h1,3-4H2,2H3;2*1H;/q;;;+2/p-2. The van der Waals surface area contributed by atoms with Gasteiger partial charge in [0.15, 0.2) is 0 Å². The van der Waals surface area contributed by atoms with Gasteiger partial charge in [0.05, 0.1) is 0 Å². The predicted octanol–water partition coefficient (Wildman–Crippen LogP) is 3.00. The number of hydrogen-bond acceptors (Lipinski definition) is 0. The van der Waals surface area contributed by atoms with E-state index < -0.39 is 15.1 Å². The molecule has 0 amide bonds. The van der Waals surface area contributed by atoms with Crippen LogP contribution in [-0.2, 0) is 15.1 Å². The molecular formula is C4H9Cl2Zn. The van der Waals surface area contributed by atoms with Gasteiger partial charge in [0.1, 0.15) is 0 Å². The molecule has 3 heteroatoms. The molecule has 0 nitrogen and oxygen atoms in total. The molecule has 0 N–H and O–H groups in total. The summed E-state index contributed by atoms with van der Waals surface area (Å²) >= 11 is -0.931. The first kappa shape index (κ1) is 11.1. The van der Waals surface area contributed by atoms with E-state index >= 15 is 0 Å². The third-order valence-corrected chi connectivity index (χ3v) is 0.354. The Balaban J connectivity index is 0. The minimum absolute atomic E-state index is 0.931. The first-order chi connectivity index (χ1) is 3.33. The SMILES string of the molecule is [CH2]CCC.[Cl][Zn][Cl]. The Labute approximate surface area is 61.3 Å². The normalized spacial score (nSPS) is 5.71. The summed E-state index contributed by atoms with van der Waals surface area (Å²) in [5.74, 6) is 0. The molecule has 0 saturated carbocycles. The molecule has 0 aromatic carbocycles. The molecule has 0 fully saturated rings. The zero-order chi connectivity index (χ0) is 6.12. The minimum atomic E-state index is -0.931. The Kier molecular flexibility index (Phi) is 24.8. The van der Waals surface area contributed by atoms with Gasteiger partial charge in [0, 0.05) is 0 Å². The van der Waals surface area contributed by atoms with Crippen LogP contribution in [0.25, 0.3) is 0 Å². The van der Waals surface area contributed by atoms with Gasteiger partial charge in [-0.1, -0.05) is 26.7 Å². The van der Waals surface area contributed by atoms with E-state index in [4.69, 9.17) is 19.4 Å². The fourth-order valence-electron chi connectivity index (χ4n) is 0. The summed E-state index contributed by atoms with van der Waals surface area (Å²) in [4.78, 5) is 0. The van der Waals surface area contributed by atoms with E-state index in [0.29, 0.717) is 0 Å². The van der Waals surface area contributed by atoms with Crippen molar-refractivity contribution < 1.29 is 15.1 Å². The number of rotatable bonds is 1. The van der Waals surface area contributed by atoms with E-state index in [1.165, 1.54) is 6.42 Å². The first-order valence-electron chi connectivity index (χ1n) is 2.24. The number of hydrogen-bond donors (Lipinski definition) is 0. The van der Waals surface area contributed by atoms with Gasteiger partial charge in [-0.2, -0.15) is 0 Å². The van der Waals surface area contributed by atoms with Crippen molar-refractivity contribution in [2.24, 2.45) is 0 Å². The quantitative estimate of drug-likeness (QED) is 0.562. The topological polar surface area (TPSA) is 0 Å². The van der Waals surface area contributed by atoms with Crippen molar-refractivity contribution in [3.05, 3.63) is 6.92 Å². The maximum atomic E-state index is 4.95. The van der Waals surface area contributed by atoms with Crippen LogP contribution in [0.15, 0.2) is 0 Å². The number of unbranched alkanes of at least 4 members (excludes halogenated alkanes) is 1. The molecule has 0 rings (SSSR count). The Hall–Kier alpha value is 1.20. The van der Waals surface area contributed by atoms with E-state index in [0.717, 1.165) is 6.42 Å². The van der Waals surface area contributed by atoms with Crippen molar-refractivity contribution in [2.45, 2.75) is 19.8 Å². The Morgan fingerprint density at radius 3 is 1.71 bits per heavy atom. The van der Waals surface area contributed by atoms with Crippen molar-refractivity contribution in [3.63, 3.8) is 0 Å². The van der Waals surface area contributed by atoms with Gasteiger partial charge in [-0.3, -0.25) is 0 Å². The molecule has 0 aliphatic heterocycles. The van der Waals surface area contributed by atoms with Crippen molar-refractivity contribution in [2.75, 3.05) is 0 Å². The zero-order valence-electron chi connectivity index (χ0n) is 4.58. The predicted molar refractivity (Wildman–Crippen MR) is 32.0 cm³/mol. The van der Waals surface area contributed by atoms with Crippen molar-refractivity contribution in [1.82, 2.24) is 0 Å². The van der Waals surface area contributed by atoms with Gasteiger partial charge in [-0.05, 0) is 0 Å². The van der Waals surface area contributed by atoms with Crippen molar-refractivity contribution in [3.8, 4) is 0 Å². The molecule has 0 aromatic heterocycles. The van der Waals surface area contributed by atoms with Gasteiger partial charge in [0.25, 0.3) is 0 Å². The summed E-state index contributed by atoms with van der Waals surface area (Å²) in [6, 6.07) is 0. The number of halogens is 2. The van der Waals surface area contributed by atoms with Crippen LogP contribution in [-0.4, -0.2) is 0 Å². The molecule has 0 spiro atoms. The molecular weight excluding hydrogens is 184 g/mol. The van der Waals surface area contributed by atoms with Gasteiger partial charge < -0.3 is 0 Å². The van der Waals surface area contributed by atoms with Crippen LogP contribution in [0, 0.1) is 6.92 Å². The molecule has 0 saturated heterocycles. The van der Waals surface area contributed by atoms with Crippen LogP contribution in [0.2, 0.25) is 0 Å². The monoisotopic (exact) mass is 191 g/mol. The van der Waals surface area contributed by atoms with E-state index in [2.05, 4.69) is 13.8 Å². The summed E-state index contributed by atoms with van der Waals surface area (Å²) < 4.78 is 0. The second-order valence-corrected chi connectivity index (χ2v) is 5.58. The molecule has 0 heterocycles. The molecule has 41 valence electrons. The molecule has 1 radical (unpaired) electrons. The van der Waals surface area contributed by atoms with Crippen LogP contribution < -0.4 is 0 Å². The van der Waals surface area contributed by atoms with Crippen molar-refractivity contribution in [1.29, 1.82) is 0 Å². The maximum absolute atomic E-state index is 4.95. The van der Waals surface area contributed by atoms with Crippen LogP contribution in [0.3, 0.4) is 0 Å². The second kappa shape index (κ2) is 15.7. The van der Waals surface area contributed by atoms with Crippen molar-refractivity contribution >= 4 is 19.4 Å². The second-order valence-electron chi connectivity index (χ2n) is 0.955. The van der Waals surface area contributed by atoms with Gasteiger partial charge >= 0.3 is 34.5 Å². The summed E-state index contributed by atoms with van der Waals surface area (Å²) in [6.07, 6.45) is 2.28. The molecule has 0 unspecified atom stereocenters. The summed E-state index contributed by atoms with van der Waals surface area (Å²) in [6.45, 7) is 5.72. The summed E-state index contributed by atoms with van der Waals surface area (Å²) in [5, 5.41) is 0. The Morgan fingerprint density at radius 1 is 1.57 bits per heavy atom. The average molecular weight is 193 g/mol. The third kappa shape index (κ3) is 40.2. The Bertz CT molecular complexity index is 17.2. The molecule has 0 bridgehead atoms. The zero-order valence-corrected chi connectivity index (χ0v) is 9.06. The van der Waals surface area contributed by atoms with Crippen LogP contribution in [0.4, 0.5) is 0 Å². The van der Waals surface area contributed by atoms with E-state index in [9.17, 15) is 0 Å². The van der Waals surface area contributed by atoms with Crippen LogP contribution in [0.1, 0.15) is 19.8 Å². The fraction of sp³-hybridized carbons (Fsp3) is 0.750. The van der Waals surface area contributed by atoms with Gasteiger partial charge in [0.2, 0.25) is 0 Å². The molecule has 0 aromatic rings. The van der Waals surface area contributed by atoms with Crippen LogP contribution >= 0.6 is 19.4 Å². The van der Waals surface area contributed by atoms with E-state index in [-0.39, 0.29) is 0 Å². The summed E-state index contributed by atoms with van der Waals surface area (Å²) in [5.41, 5.74) is 0.